The number of nitrogens with one attached hydrogen (secondary N) is 1. The summed E-state index contributed by atoms with van der Waals surface area (Å²) in [6.07, 6.45) is 0.458. The van der Waals surface area contributed by atoms with Gasteiger partial charge in [0.25, 0.3) is 0 Å². The minimum Gasteiger partial charge on any atom is -0.481 e. The molecule has 3 N–H and O–H groups in total. The summed E-state index contributed by atoms with van der Waals surface area (Å²) in [5.74, 6) is -1.19. The van der Waals surface area contributed by atoms with Crippen molar-refractivity contribution >= 4 is 23.2 Å². The van der Waals surface area contributed by atoms with Crippen LogP contribution >= 0.6 is 11.3 Å². The number of carboxylic acids is 1. The SMILES string of the molecule is O=C(O)CC(NC(=O)CCCO)c1cccs1. The molecule has 1 heterocycles. The molecule has 0 fully saturated rings. The van der Waals surface area contributed by atoms with Gasteiger partial charge in [-0.3, -0.25) is 9.59 Å². The van der Waals surface area contributed by atoms with E-state index in [1.807, 2.05) is 11.4 Å². The number of rotatable bonds is 7. The third-order valence-electron chi connectivity index (χ3n) is 2.16. The normalized spacial score (nSPS) is 12.1. The number of thiophene rings is 1. The summed E-state index contributed by atoms with van der Waals surface area (Å²) in [5, 5.41) is 21.9. The standard InChI is InChI=1S/C11H15NO4S/c13-5-1-4-10(14)12-8(7-11(15)16)9-3-2-6-17-9/h2-3,6,8,13H,1,4-5,7H2,(H,12,14)(H,15,16). The summed E-state index contributed by atoms with van der Waals surface area (Å²) in [7, 11) is 0. The first-order chi connectivity index (χ1) is 8.13. The van der Waals surface area contributed by atoms with Crippen LogP contribution in [0.1, 0.15) is 30.2 Å². The summed E-state index contributed by atoms with van der Waals surface area (Å²) in [6, 6.07) is 3.12. The molecule has 0 spiro atoms. The molecular weight excluding hydrogens is 242 g/mol. The molecule has 6 heteroatoms. The van der Waals surface area contributed by atoms with Crippen molar-refractivity contribution in [2.75, 3.05) is 6.61 Å². The highest BCUT2D eigenvalue weighted by Crippen LogP contribution is 2.22. The molecule has 0 aliphatic heterocycles. The third-order valence-corrected chi connectivity index (χ3v) is 3.15. The Hall–Kier alpha value is -1.40. The maximum absolute atomic E-state index is 11.5. The monoisotopic (exact) mass is 257 g/mol. The predicted molar refractivity (Wildman–Crippen MR) is 63.8 cm³/mol. The molecular formula is C11H15NO4S. The molecule has 1 atom stereocenters. The highest BCUT2D eigenvalue weighted by atomic mass is 32.1. The van der Waals surface area contributed by atoms with Gasteiger partial charge in [-0.2, -0.15) is 0 Å². The molecule has 1 rings (SSSR count). The van der Waals surface area contributed by atoms with Gasteiger partial charge in [0.05, 0.1) is 12.5 Å². The van der Waals surface area contributed by atoms with E-state index in [2.05, 4.69) is 5.32 Å². The van der Waals surface area contributed by atoms with Crippen LogP contribution in [0.25, 0.3) is 0 Å². The summed E-state index contributed by atoms with van der Waals surface area (Å²) in [4.78, 5) is 23.0. The van der Waals surface area contributed by atoms with Gasteiger partial charge >= 0.3 is 5.97 Å². The van der Waals surface area contributed by atoms with Gasteiger partial charge in [0.1, 0.15) is 0 Å². The number of carbonyl (C=O) groups is 2. The summed E-state index contributed by atoms with van der Waals surface area (Å²) in [6.45, 7) is -0.0456. The average Bonchev–Trinajstić information content (AvgIpc) is 2.78. The van der Waals surface area contributed by atoms with Crippen molar-refractivity contribution in [1.29, 1.82) is 0 Å². The number of amides is 1. The second kappa shape index (κ2) is 7.03. The molecule has 1 unspecified atom stereocenters. The smallest absolute Gasteiger partial charge is 0.305 e. The lowest BCUT2D eigenvalue weighted by Gasteiger charge is -2.15. The summed E-state index contributed by atoms with van der Waals surface area (Å²) >= 11 is 1.41. The van der Waals surface area contributed by atoms with E-state index in [0.717, 1.165) is 4.88 Å². The Kier molecular flexibility index (Phi) is 5.65. The number of aliphatic hydroxyl groups is 1. The van der Waals surface area contributed by atoms with E-state index in [-0.39, 0.29) is 25.4 Å². The molecule has 94 valence electrons. The highest BCUT2D eigenvalue weighted by molar-refractivity contribution is 7.10. The molecule has 1 aromatic heterocycles. The minimum atomic E-state index is -0.953. The quantitative estimate of drug-likeness (QED) is 0.684. The zero-order chi connectivity index (χ0) is 12.7. The lowest BCUT2D eigenvalue weighted by molar-refractivity contribution is -0.137. The number of aliphatic hydroxyl groups excluding tert-OH is 1. The molecule has 0 saturated heterocycles. The van der Waals surface area contributed by atoms with E-state index in [9.17, 15) is 9.59 Å². The number of aliphatic carboxylic acids is 1. The molecule has 0 bridgehead atoms. The van der Waals surface area contributed by atoms with E-state index >= 15 is 0 Å². The Balaban J connectivity index is 2.58. The van der Waals surface area contributed by atoms with Crippen LogP contribution in [-0.4, -0.2) is 28.7 Å². The first-order valence-corrected chi connectivity index (χ1v) is 6.17. The van der Waals surface area contributed by atoms with Gasteiger partial charge in [-0.1, -0.05) is 6.07 Å². The van der Waals surface area contributed by atoms with Gasteiger partial charge in [-0.05, 0) is 17.9 Å². The fourth-order valence-corrected chi connectivity index (χ4v) is 2.17. The first kappa shape index (κ1) is 13.7. The van der Waals surface area contributed by atoms with Crippen LogP contribution in [0.2, 0.25) is 0 Å². The lowest BCUT2D eigenvalue weighted by Crippen LogP contribution is -2.29. The fourth-order valence-electron chi connectivity index (χ4n) is 1.39. The van der Waals surface area contributed by atoms with Crippen LogP contribution in [0.5, 0.6) is 0 Å². The van der Waals surface area contributed by atoms with Crippen LogP contribution in [-0.2, 0) is 9.59 Å². The Bertz CT molecular complexity index is 364. The van der Waals surface area contributed by atoms with Crippen LogP contribution < -0.4 is 5.32 Å². The molecule has 17 heavy (non-hydrogen) atoms. The Morgan fingerprint density at radius 1 is 1.47 bits per heavy atom. The topological polar surface area (TPSA) is 86.6 Å². The molecule has 0 aromatic carbocycles. The second-order valence-corrected chi connectivity index (χ2v) is 4.54. The van der Waals surface area contributed by atoms with Crippen molar-refractivity contribution < 1.29 is 19.8 Å². The Labute approximate surface area is 103 Å². The van der Waals surface area contributed by atoms with Crippen molar-refractivity contribution in [3.8, 4) is 0 Å². The van der Waals surface area contributed by atoms with Crippen LogP contribution in [0, 0.1) is 0 Å². The average molecular weight is 257 g/mol. The third kappa shape index (κ3) is 4.97. The zero-order valence-corrected chi connectivity index (χ0v) is 10.1. The molecule has 0 aliphatic rings. The van der Waals surface area contributed by atoms with Gasteiger partial charge in [-0.25, -0.2) is 0 Å². The maximum Gasteiger partial charge on any atom is 0.305 e. The molecule has 0 saturated carbocycles. The van der Waals surface area contributed by atoms with Gasteiger partial charge < -0.3 is 15.5 Å². The van der Waals surface area contributed by atoms with Crippen molar-refractivity contribution in [3.63, 3.8) is 0 Å². The highest BCUT2D eigenvalue weighted by Gasteiger charge is 2.18. The second-order valence-electron chi connectivity index (χ2n) is 3.56. The van der Waals surface area contributed by atoms with Crippen molar-refractivity contribution in [2.24, 2.45) is 0 Å². The predicted octanol–water partition coefficient (Wildman–Crippen LogP) is 1.15. The van der Waals surface area contributed by atoms with Crippen molar-refractivity contribution in [1.82, 2.24) is 5.32 Å². The number of carbonyl (C=O) groups excluding carboxylic acids is 1. The van der Waals surface area contributed by atoms with E-state index in [1.54, 1.807) is 6.07 Å². The maximum atomic E-state index is 11.5. The molecule has 0 aliphatic carbocycles. The van der Waals surface area contributed by atoms with Crippen LogP contribution in [0.3, 0.4) is 0 Å². The first-order valence-electron chi connectivity index (χ1n) is 5.29. The number of hydrogen-bond donors (Lipinski definition) is 3. The van der Waals surface area contributed by atoms with Gasteiger partial charge in [-0.15, -0.1) is 11.3 Å². The molecule has 1 amide bonds. The Morgan fingerprint density at radius 3 is 2.76 bits per heavy atom. The lowest BCUT2D eigenvalue weighted by atomic mass is 10.1. The van der Waals surface area contributed by atoms with Crippen molar-refractivity contribution in [2.45, 2.75) is 25.3 Å². The summed E-state index contributed by atoms with van der Waals surface area (Å²) in [5.41, 5.74) is 0. The largest absolute Gasteiger partial charge is 0.481 e. The van der Waals surface area contributed by atoms with Gasteiger partial charge in [0.15, 0.2) is 0 Å². The number of carboxylic acid groups (broad SMARTS) is 1. The van der Waals surface area contributed by atoms with E-state index in [4.69, 9.17) is 10.2 Å². The van der Waals surface area contributed by atoms with E-state index in [1.165, 1.54) is 11.3 Å². The van der Waals surface area contributed by atoms with Crippen LogP contribution in [0.4, 0.5) is 0 Å². The fraction of sp³-hybridized carbons (Fsp3) is 0.455. The van der Waals surface area contributed by atoms with Gasteiger partial charge in [0, 0.05) is 17.9 Å². The Morgan fingerprint density at radius 2 is 2.24 bits per heavy atom. The van der Waals surface area contributed by atoms with Gasteiger partial charge in [0.2, 0.25) is 5.91 Å². The minimum absolute atomic E-state index is 0.0456. The summed E-state index contributed by atoms with van der Waals surface area (Å²) < 4.78 is 0. The molecule has 1 aromatic rings. The van der Waals surface area contributed by atoms with E-state index in [0.29, 0.717) is 6.42 Å². The molecule has 0 radical (unpaired) electrons. The van der Waals surface area contributed by atoms with Crippen LogP contribution in [0.15, 0.2) is 17.5 Å². The number of hydrogen-bond acceptors (Lipinski definition) is 4. The zero-order valence-electron chi connectivity index (χ0n) is 9.26. The molecule has 5 nitrogen and oxygen atoms in total. The van der Waals surface area contributed by atoms with E-state index < -0.39 is 12.0 Å². The van der Waals surface area contributed by atoms with Crippen molar-refractivity contribution in [3.05, 3.63) is 22.4 Å².